The molecule has 104 valence electrons. The first kappa shape index (κ1) is 14.4. The number of aliphatic hydroxyl groups is 1. The van der Waals surface area contributed by atoms with Gasteiger partial charge in [-0.15, -0.1) is 0 Å². The predicted molar refractivity (Wildman–Crippen MR) is 76.3 cm³/mol. The Bertz CT molecular complexity index is 462. The van der Waals surface area contributed by atoms with Crippen molar-refractivity contribution in [1.29, 1.82) is 0 Å². The van der Waals surface area contributed by atoms with Crippen molar-refractivity contribution in [2.45, 2.75) is 44.1 Å². The number of halogens is 1. The van der Waals surface area contributed by atoms with Crippen LogP contribution in [0.4, 0.5) is 0 Å². The number of carbonyl (C=O) groups excluding carboxylic acids is 1. The lowest BCUT2D eigenvalue weighted by Gasteiger charge is -2.30. The van der Waals surface area contributed by atoms with Crippen LogP contribution < -0.4 is 5.32 Å². The minimum Gasteiger partial charge on any atom is -0.394 e. The van der Waals surface area contributed by atoms with E-state index in [2.05, 4.69) is 5.32 Å². The Balaban J connectivity index is 2.17. The summed E-state index contributed by atoms with van der Waals surface area (Å²) in [4.78, 5) is 12.5. The van der Waals surface area contributed by atoms with Gasteiger partial charge in [-0.05, 0) is 43.9 Å². The zero-order valence-corrected chi connectivity index (χ0v) is 12.1. The van der Waals surface area contributed by atoms with Crippen LogP contribution in [0.2, 0.25) is 5.02 Å². The van der Waals surface area contributed by atoms with Gasteiger partial charge in [-0.1, -0.05) is 30.7 Å². The second kappa shape index (κ2) is 5.14. The predicted octanol–water partition coefficient (Wildman–Crippen LogP) is 2.65. The van der Waals surface area contributed by atoms with Crippen molar-refractivity contribution in [1.82, 2.24) is 5.32 Å². The second-order valence-corrected chi connectivity index (χ2v) is 6.05. The van der Waals surface area contributed by atoms with Crippen LogP contribution in [0.1, 0.15) is 38.7 Å². The number of carbonyl (C=O) groups is 1. The third-order valence-electron chi connectivity index (χ3n) is 4.13. The van der Waals surface area contributed by atoms with Gasteiger partial charge in [-0.2, -0.15) is 0 Å². The normalized spacial score (nSPS) is 19.6. The summed E-state index contributed by atoms with van der Waals surface area (Å²) in [5, 5.41) is 13.1. The number of benzene rings is 1. The number of hydrogen-bond donors (Lipinski definition) is 2. The molecular formula is C15H20ClNO2. The SMILES string of the molecule is CCC(C)(CO)NC(=O)C1(c2ccc(Cl)cc2)CC1. The highest BCUT2D eigenvalue weighted by molar-refractivity contribution is 6.30. The van der Waals surface area contributed by atoms with E-state index in [9.17, 15) is 9.90 Å². The summed E-state index contributed by atoms with van der Waals surface area (Å²) in [5.74, 6) is 0.00761. The van der Waals surface area contributed by atoms with Gasteiger partial charge in [0.25, 0.3) is 0 Å². The second-order valence-electron chi connectivity index (χ2n) is 5.62. The molecule has 3 nitrogen and oxygen atoms in total. The van der Waals surface area contributed by atoms with Crippen molar-refractivity contribution in [2.24, 2.45) is 0 Å². The molecule has 2 rings (SSSR count). The van der Waals surface area contributed by atoms with E-state index in [4.69, 9.17) is 11.6 Å². The van der Waals surface area contributed by atoms with Gasteiger partial charge < -0.3 is 10.4 Å². The molecule has 0 aliphatic heterocycles. The highest BCUT2D eigenvalue weighted by Gasteiger charge is 2.52. The van der Waals surface area contributed by atoms with Gasteiger partial charge in [0.2, 0.25) is 5.91 Å². The quantitative estimate of drug-likeness (QED) is 0.872. The van der Waals surface area contributed by atoms with E-state index < -0.39 is 11.0 Å². The van der Waals surface area contributed by atoms with E-state index in [1.54, 1.807) is 0 Å². The molecule has 19 heavy (non-hydrogen) atoms. The minimum absolute atomic E-state index is 0.00761. The van der Waals surface area contributed by atoms with Crippen molar-refractivity contribution in [3.63, 3.8) is 0 Å². The van der Waals surface area contributed by atoms with Gasteiger partial charge in [-0.25, -0.2) is 0 Å². The van der Waals surface area contributed by atoms with Crippen molar-refractivity contribution >= 4 is 17.5 Å². The first-order valence-electron chi connectivity index (χ1n) is 6.65. The lowest BCUT2D eigenvalue weighted by Crippen LogP contribution is -2.51. The van der Waals surface area contributed by atoms with Crippen LogP contribution >= 0.6 is 11.6 Å². The Hall–Kier alpha value is -1.06. The number of aliphatic hydroxyl groups excluding tert-OH is 1. The molecule has 2 N–H and O–H groups in total. The molecule has 1 aliphatic rings. The number of amides is 1. The smallest absolute Gasteiger partial charge is 0.231 e. The summed E-state index contributed by atoms with van der Waals surface area (Å²) in [7, 11) is 0. The fraction of sp³-hybridized carbons (Fsp3) is 0.533. The summed E-state index contributed by atoms with van der Waals surface area (Å²) in [6, 6.07) is 7.46. The standard InChI is InChI=1S/C15H20ClNO2/c1-3-14(2,10-18)17-13(19)15(8-9-15)11-4-6-12(16)7-5-11/h4-7,18H,3,8-10H2,1-2H3,(H,17,19). The zero-order chi connectivity index (χ0) is 14.1. The fourth-order valence-electron chi connectivity index (χ4n) is 2.17. The first-order valence-corrected chi connectivity index (χ1v) is 7.03. The van der Waals surface area contributed by atoms with E-state index in [0.717, 1.165) is 18.4 Å². The van der Waals surface area contributed by atoms with E-state index >= 15 is 0 Å². The number of hydrogen-bond acceptors (Lipinski definition) is 2. The molecule has 1 aromatic carbocycles. The van der Waals surface area contributed by atoms with Crippen molar-refractivity contribution in [2.75, 3.05) is 6.61 Å². The summed E-state index contributed by atoms with van der Waals surface area (Å²) < 4.78 is 0. The van der Waals surface area contributed by atoms with Crippen molar-refractivity contribution < 1.29 is 9.90 Å². The maximum atomic E-state index is 12.5. The maximum absolute atomic E-state index is 12.5. The van der Waals surface area contributed by atoms with E-state index in [-0.39, 0.29) is 12.5 Å². The molecule has 0 heterocycles. The Kier molecular flexibility index (Phi) is 3.88. The molecule has 1 atom stereocenters. The lowest BCUT2D eigenvalue weighted by atomic mass is 9.92. The van der Waals surface area contributed by atoms with Crippen LogP contribution in [0.3, 0.4) is 0 Å². The third-order valence-corrected chi connectivity index (χ3v) is 4.38. The van der Waals surface area contributed by atoms with Crippen LogP contribution in [0, 0.1) is 0 Å². The van der Waals surface area contributed by atoms with Crippen LogP contribution in [-0.2, 0) is 10.2 Å². The molecule has 1 aromatic rings. The monoisotopic (exact) mass is 281 g/mol. The largest absolute Gasteiger partial charge is 0.394 e. The van der Waals surface area contributed by atoms with Crippen molar-refractivity contribution in [3.05, 3.63) is 34.9 Å². The Morgan fingerprint density at radius 2 is 2.00 bits per heavy atom. The van der Waals surface area contributed by atoms with Gasteiger partial charge in [0, 0.05) is 5.02 Å². The number of rotatable bonds is 5. The van der Waals surface area contributed by atoms with E-state index in [1.165, 1.54) is 0 Å². The summed E-state index contributed by atoms with van der Waals surface area (Å²) in [6.45, 7) is 3.77. The van der Waals surface area contributed by atoms with Gasteiger partial charge in [0.1, 0.15) is 0 Å². The Morgan fingerprint density at radius 3 is 2.42 bits per heavy atom. The molecule has 0 radical (unpaired) electrons. The molecule has 0 bridgehead atoms. The highest BCUT2D eigenvalue weighted by atomic mass is 35.5. The van der Waals surface area contributed by atoms with Crippen LogP contribution in [0.15, 0.2) is 24.3 Å². The molecule has 1 amide bonds. The lowest BCUT2D eigenvalue weighted by molar-refractivity contribution is -0.126. The van der Waals surface area contributed by atoms with Gasteiger partial charge >= 0.3 is 0 Å². The van der Waals surface area contributed by atoms with Crippen LogP contribution in [-0.4, -0.2) is 23.2 Å². The average molecular weight is 282 g/mol. The van der Waals surface area contributed by atoms with Gasteiger partial charge in [0.15, 0.2) is 0 Å². The van der Waals surface area contributed by atoms with E-state index in [1.807, 2.05) is 38.1 Å². The Labute approximate surface area is 119 Å². The van der Waals surface area contributed by atoms with E-state index in [0.29, 0.717) is 11.4 Å². The minimum atomic E-state index is -0.543. The molecule has 0 saturated heterocycles. The molecule has 1 aliphatic carbocycles. The average Bonchev–Trinajstić information content (AvgIpc) is 3.21. The fourth-order valence-corrected chi connectivity index (χ4v) is 2.30. The molecule has 0 spiro atoms. The van der Waals surface area contributed by atoms with Crippen molar-refractivity contribution in [3.8, 4) is 0 Å². The molecule has 4 heteroatoms. The maximum Gasteiger partial charge on any atom is 0.231 e. The summed E-state index contributed by atoms with van der Waals surface area (Å²) in [5.41, 5.74) is 0.0424. The van der Waals surface area contributed by atoms with Crippen LogP contribution in [0.25, 0.3) is 0 Å². The third kappa shape index (κ3) is 2.77. The molecular weight excluding hydrogens is 262 g/mol. The molecule has 0 aromatic heterocycles. The zero-order valence-electron chi connectivity index (χ0n) is 11.4. The summed E-state index contributed by atoms with van der Waals surface area (Å²) in [6.07, 6.45) is 2.41. The topological polar surface area (TPSA) is 49.3 Å². The van der Waals surface area contributed by atoms with Gasteiger partial charge in [0.05, 0.1) is 17.6 Å². The highest BCUT2D eigenvalue weighted by Crippen LogP contribution is 2.48. The first-order chi connectivity index (χ1) is 8.96. The van der Waals surface area contributed by atoms with Gasteiger partial charge in [-0.3, -0.25) is 4.79 Å². The summed E-state index contributed by atoms with van der Waals surface area (Å²) >= 11 is 5.88. The number of nitrogens with one attached hydrogen (secondary N) is 1. The molecule has 1 fully saturated rings. The Morgan fingerprint density at radius 1 is 1.42 bits per heavy atom. The molecule has 1 unspecified atom stereocenters. The molecule has 1 saturated carbocycles. The van der Waals surface area contributed by atoms with Crippen LogP contribution in [0.5, 0.6) is 0 Å².